The first-order chi connectivity index (χ1) is 9.22. The first-order valence-corrected chi connectivity index (χ1v) is 6.99. The molecule has 0 radical (unpaired) electrons. The minimum Gasteiger partial charge on any atom is -0.490 e. The molecule has 2 atom stereocenters. The van der Waals surface area contributed by atoms with Crippen LogP contribution in [0.4, 0.5) is 0 Å². The molecule has 3 rings (SSSR count). The Bertz CT molecular complexity index is 587. The van der Waals surface area contributed by atoms with E-state index in [0.29, 0.717) is 5.15 Å². The van der Waals surface area contributed by atoms with Crippen molar-refractivity contribution in [2.45, 2.75) is 37.9 Å². The normalized spacial score (nSPS) is 23.5. The van der Waals surface area contributed by atoms with Crippen LogP contribution in [0.15, 0.2) is 30.5 Å². The van der Waals surface area contributed by atoms with Gasteiger partial charge in [0.15, 0.2) is 0 Å². The van der Waals surface area contributed by atoms with Gasteiger partial charge in [-0.3, -0.25) is 0 Å². The zero-order valence-electron chi connectivity index (χ0n) is 10.6. The van der Waals surface area contributed by atoms with Crippen molar-refractivity contribution in [3.63, 3.8) is 0 Å². The van der Waals surface area contributed by atoms with Crippen molar-refractivity contribution in [2.75, 3.05) is 0 Å². The summed E-state index contributed by atoms with van der Waals surface area (Å²) >= 11 is 6.04. The molecule has 0 bridgehead atoms. The molecule has 1 aliphatic rings. The predicted molar refractivity (Wildman–Crippen MR) is 75.6 cm³/mol. The van der Waals surface area contributed by atoms with Gasteiger partial charge in [0.25, 0.3) is 0 Å². The summed E-state index contributed by atoms with van der Waals surface area (Å²) in [5.74, 6) is 0.828. The summed E-state index contributed by atoms with van der Waals surface area (Å²) in [4.78, 5) is 4.05. The third kappa shape index (κ3) is 2.82. The first kappa shape index (κ1) is 12.7. The van der Waals surface area contributed by atoms with E-state index in [1.807, 2.05) is 24.3 Å². The summed E-state index contributed by atoms with van der Waals surface area (Å²) in [5, 5.41) is 12.1. The fourth-order valence-electron chi connectivity index (χ4n) is 2.61. The molecule has 1 heterocycles. The van der Waals surface area contributed by atoms with Gasteiger partial charge in [0.05, 0.1) is 6.10 Å². The second-order valence-corrected chi connectivity index (χ2v) is 5.40. The number of hydrogen-bond donors (Lipinski definition) is 1. The van der Waals surface area contributed by atoms with E-state index in [2.05, 4.69) is 4.98 Å². The molecule has 1 aliphatic carbocycles. The zero-order chi connectivity index (χ0) is 13.2. The number of fused-ring (bicyclic) bond motifs is 1. The minimum absolute atomic E-state index is 0.110. The molecule has 0 spiro atoms. The van der Waals surface area contributed by atoms with Gasteiger partial charge in [-0.2, -0.15) is 0 Å². The molecule has 0 amide bonds. The maximum atomic E-state index is 9.66. The van der Waals surface area contributed by atoms with Crippen LogP contribution in [0.25, 0.3) is 10.8 Å². The first-order valence-electron chi connectivity index (χ1n) is 6.61. The Hall–Kier alpha value is -1.32. The number of pyridine rings is 1. The van der Waals surface area contributed by atoms with Crippen molar-refractivity contribution >= 4 is 22.4 Å². The van der Waals surface area contributed by atoms with Crippen LogP contribution in [0.5, 0.6) is 5.75 Å². The van der Waals surface area contributed by atoms with E-state index in [1.165, 1.54) is 0 Å². The lowest BCUT2D eigenvalue weighted by Gasteiger charge is -2.26. The van der Waals surface area contributed by atoms with Crippen LogP contribution >= 0.6 is 11.6 Å². The van der Waals surface area contributed by atoms with Crippen molar-refractivity contribution in [1.82, 2.24) is 4.98 Å². The summed E-state index contributed by atoms with van der Waals surface area (Å²) in [6, 6.07) is 7.74. The number of hydrogen-bond acceptors (Lipinski definition) is 3. The molecule has 1 aromatic heterocycles. The van der Waals surface area contributed by atoms with E-state index < -0.39 is 0 Å². The highest BCUT2D eigenvalue weighted by Crippen LogP contribution is 2.28. The number of aliphatic hydroxyl groups is 1. The van der Waals surface area contributed by atoms with Crippen molar-refractivity contribution < 1.29 is 9.84 Å². The molecule has 100 valence electrons. The second-order valence-electron chi connectivity index (χ2n) is 5.04. The molecule has 1 N–H and O–H groups in total. The van der Waals surface area contributed by atoms with Crippen molar-refractivity contribution in [2.24, 2.45) is 0 Å². The molecular weight excluding hydrogens is 262 g/mol. The highest BCUT2D eigenvalue weighted by molar-refractivity contribution is 6.34. The zero-order valence-corrected chi connectivity index (χ0v) is 11.3. The minimum atomic E-state index is -0.224. The quantitative estimate of drug-likeness (QED) is 0.854. The third-order valence-electron chi connectivity index (χ3n) is 3.59. The van der Waals surface area contributed by atoms with Crippen LogP contribution in [-0.4, -0.2) is 22.3 Å². The third-order valence-corrected chi connectivity index (χ3v) is 3.89. The topological polar surface area (TPSA) is 42.4 Å². The fourth-order valence-corrected chi connectivity index (χ4v) is 2.84. The number of aliphatic hydroxyl groups excluding tert-OH is 1. The van der Waals surface area contributed by atoms with Crippen LogP contribution in [-0.2, 0) is 0 Å². The maximum absolute atomic E-state index is 9.66. The Labute approximate surface area is 117 Å². The van der Waals surface area contributed by atoms with Crippen molar-refractivity contribution in [1.29, 1.82) is 0 Å². The monoisotopic (exact) mass is 277 g/mol. The number of aromatic nitrogens is 1. The van der Waals surface area contributed by atoms with Crippen LogP contribution in [0.2, 0.25) is 5.15 Å². The molecule has 1 fully saturated rings. The Balaban J connectivity index is 1.81. The molecule has 4 heteroatoms. The van der Waals surface area contributed by atoms with E-state index >= 15 is 0 Å². The van der Waals surface area contributed by atoms with E-state index in [9.17, 15) is 5.11 Å². The van der Waals surface area contributed by atoms with Gasteiger partial charge in [-0.1, -0.05) is 11.6 Å². The van der Waals surface area contributed by atoms with E-state index in [-0.39, 0.29) is 12.2 Å². The van der Waals surface area contributed by atoms with Gasteiger partial charge >= 0.3 is 0 Å². The molecule has 2 unspecified atom stereocenters. The van der Waals surface area contributed by atoms with Gasteiger partial charge in [-0.15, -0.1) is 0 Å². The highest BCUT2D eigenvalue weighted by atomic mass is 35.5. The number of halogens is 1. The molecule has 1 saturated carbocycles. The van der Waals surface area contributed by atoms with Crippen LogP contribution < -0.4 is 4.74 Å². The summed E-state index contributed by atoms with van der Waals surface area (Å²) < 4.78 is 5.95. The van der Waals surface area contributed by atoms with Gasteiger partial charge in [0, 0.05) is 18.0 Å². The Morgan fingerprint density at radius 3 is 3.00 bits per heavy atom. The largest absolute Gasteiger partial charge is 0.490 e. The maximum Gasteiger partial charge on any atom is 0.136 e. The second kappa shape index (κ2) is 5.35. The number of ether oxygens (including phenoxy) is 1. The lowest BCUT2D eigenvalue weighted by atomic mass is 9.95. The highest BCUT2D eigenvalue weighted by Gasteiger charge is 2.21. The fraction of sp³-hybridized carbons (Fsp3) is 0.400. The van der Waals surface area contributed by atoms with Crippen molar-refractivity contribution in [3.8, 4) is 5.75 Å². The standard InChI is InChI=1S/C15H16ClNO2/c16-15-14-5-4-13(8-10(14)6-7-17-15)19-12-3-1-2-11(18)9-12/h4-8,11-12,18H,1-3,9H2. The lowest BCUT2D eigenvalue weighted by Crippen LogP contribution is -2.28. The van der Waals surface area contributed by atoms with Gasteiger partial charge in [0.1, 0.15) is 17.0 Å². The van der Waals surface area contributed by atoms with Crippen LogP contribution in [0, 0.1) is 0 Å². The van der Waals surface area contributed by atoms with Crippen LogP contribution in [0.1, 0.15) is 25.7 Å². The smallest absolute Gasteiger partial charge is 0.136 e. The van der Waals surface area contributed by atoms with Gasteiger partial charge in [-0.05, 0) is 48.9 Å². The SMILES string of the molecule is OC1CCCC(Oc2ccc3c(Cl)nccc3c2)C1. The summed E-state index contributed by atoms with van der Waals surface area (Å²) in [5.41, 5.74) is 0. The molecule has 0 aliphatic heterocycles. The molecule has 1 aromatic carbocycles. The predicted octanol–water partition coefficient (Wildman–Crippen LogP) is 3.57. The van der Waals surface area contributed by atoms with Gasteiger partial charge in [0.2, 0.25) is 0 Å². The average Bonchev–Trinajstić information content (AvgIpc) is 2.39. The van der Waals surface area contributed by atoms with Crippen LogP contribution in [0.3, 0.4) is 0 Å². The van der Waals surface area contributed by atoms with Gasteiger partial charge in [-0.25, -0.2) is 4.98 Å². The Kier molecular flexibility index (Phi) is 3.58. The van der Waals surface area contributed by atoms with Crippen molar-refractivity contribution in [3.05, 3.63) is 35.6 Å². The van der Waals surface area contributed by atoms with Gasteiger partial charge < -0.3 is 9.84 Å². The number of rotatable bonds is 2. The average molecular weight is 278 g/mol. The Morgan fingerprint density at radius 2 is 2.16 bits per heavy atom. The summed E-state index contributed by atoms with van der Waals surface area (Å²) in [6.07, 6.45) is 5.21. The molecule has 3 nitrogen and oxygen atoms in total. The summed E-state index contributed by atoms with van der Waals surface area (Å²) in [6.45, 7) is 0. The number of nitrogens with zero attached hydrogens (tertiary/aromatic N) is 1. The lowest BCUT2D eigenvalue weighted by molar-refractivity contribution is 0.0537. The molecule has 2 aromatic rings. The van der Waals surface area contributed by atoms with E-state index in [1.54, 1.807) is 6.20 Å². The molecular formula is C15H16ClNO2. The summed E-state index contributed by atoms with van der Waals surface area (Å²) in [7, 11) is 0. The number of benzene rings is 1. The Morgan fingerprint density at radius 1 is 1.26 bits per heavy atom. The molecule has 19 heavy (non-hydrogen) atoms. The van der Waals surface area contributed by atoms with E-state index in [0.717, 1.165) is 42.2 Å². The molecule has 0 saturated heterocycles. The van der Waals surface area contributed by atoms with E-state index in [4.69, 9.17) is 16.3 Å².